The summed E-state index contributed by atoms with van der Waals surface area (Å²) in [7, 11) is 0. The van der Waals surface area contributed by atoms with E-state index in [1.54, 1.807) is 23.1 Å². The van der Waals surface area contributed by atoms with Crippen LogP contribution in [-0.2, 0) is 16.0 Å². The van der Waals surface area contributed by atoms with E-state index in [4.69, 9.17) is 5.11 Å². The van der Waals surface area contributed by atoms with Crippen molar-refractivity contribution in [1.82, 2.24) is 0 Å². The van der Waals surface area contributed by atoms with E-state index < -0.39 is 12.1 Å². The van der Waals surface area contributed by atoms with E-state index >= 15 is 0 Å². The van der Waals surface area contributed by atoms with Gasteiger partial charge in [-0.15, -0.1) is 23.1 Å². The van der Waals surface area contributed by atoms with Crippen LogP contribution < -0.4 is 0 Å². The zero-order valence-electron chi connectivity index (χ0n) is 16.2. The topological polar surface area (TPSA) is 74.6 Å². The number of allylic oxidation sites excluding steroid dienone is 1. The first-order valence-corrected chi connectivity index (χ1v) is 12.9. The second-order valence-corrected chi connectivity index (χ2v) is 10.4. The first-order chi connectivity index (χ1) is 14.0. The Kier molecular flexibility index (Phi) is 8.66. The van der Waals surface area contributed by atoms with Gasteiger partial charge >= 0.3 is 5.97 Å². The van der Waals surface area contributed by atoms with Crippen LogP contribution in [0.25, 0.3) is 10.1 Å². The number of carboxylic acid groups (broad SMARTS) is 1. The third-order valence-corrected chi connectivity index (χ3v) is 8.49. The molecule has 1 heterocycles. The van der Waals surface area contributed by atoms with E-state index in [1.165, 1.54) is 21.8 Å². The Morgan fingerprint density at radius 1 is 1.31 bits per heavy atom. The summed E-state index contributed by atoms with van der Waals surface area (Å²) in [6, 6.07) is 8.23. The number of hydrogen-bond donors (Lipinski definition) is 2. The number of carboxylic acids is 1. The van der Waals surface area contributed by atoms with Gasteiger partial charge in [-0.1, -0.05) is 30.4 Å². The smallest absolute Gasteiger partial charge is 0.313 e. The molecule has 3 rings (SSSR count). The van der Waals surface area contributed by atoms with Gasteiger partial charge in [-0.3, -0.25) is 9.59 Å². The lowest BCUT2D eigenvalue weighted by atomic mass is 10.0. The number of fused-ring (bicyclic) bond motifs is 1. The van der Waals surface area contributed by atoms with Crippen molar-refractivity contribution in [2.45, 2.75) is 37.0 Å². The summed E-state index contributed by atoms with van der Waals surface area (Å²) in [6.07, 6.45) is 6.26. The first kappa shape index (κ1) is 22.4. The van der Waals surface area contributed by atoms with Crippen LogP contribution in [0.1, 0.15) is 24.8 Å². The van der Waals surface area contributed by atoms with Crippen molar-refractivity contribution in [3.63, 3.8) is 0 Å². The molecule has 3 atom stereocenters. The molecule has 29 heavy (non-hydrogen) atoms. The fraction of sp³-hybridized carbons (Fsp3) is 0.455. The summed E-state index contributed by atoms with van der Waals surface area (Å²) < 4.78 is 1.23. The molecule has 7 heteroatoms. The third-order valence-electron chi connectivity index (χ3n) is 4.96. The number of rotatable bonds is 11. The molecule has 1 saturated carbocycles. The van der Waals surface area contributed by atoms with Crippen molar-refractivity contribution >= 4 is 56.7 Å². The predicted octanol–water partition coefficient (Wildman–Crippen LogP) is 4.65. The number of hydrogen-bond acceptors (Lipinski definition) is 6. The number of thioether (sulfide) groups is 2. The van der Waals surface area contributed by atoms with Crippen molar-refractivity contribution in [2.24, 2.45) is 5.92 Å². The van der Waals surface area contributed by atoms with Crippen LogP contribution in [-0.4, -0.2) is 50.6 Å². The summed E-state index contributed by atoms with van der Waals surface area (Å²) in [5.74, 6) is 1.47. The zero-order chi connectivity index (χ0) is 20.6. The van der Waals surface area contributed by atoms with Crippen LogP contribution in [0.3, 0.4) is 0 Å². The first-order valence-electron chi connectivity index (χ1n) is 9.80. The lowest BCUT2D eigenvalue weighted by molar-refractivity contribution is -0.133. The second-order valence-electron chi connectivity index (χ2n) is 7.17. The standard InChI is InChI=1S/C22H26O4S3/c23-17(12-16-13-29-20-5-2-1-4-18(16)20)8-6-15-7-9-19(24)22(15)28-11-3-10-27-14-21(25)26/h1-2,4-6,8,13,15,17,22-23H,3,7,9-12,14H2,(H,25,26)/b8-6+/t15-,17?,22+/m0/s1. The molecule has 1 unspecified atom stereocenters. The number of benzene rings is 1. The van der Waals surface area contributed by atoms with E-state index in [-0.39, 0.29) is 16.9 Å². The second kappa shape index (κ2) is 11.2. The minimum absolute atomic E-state index is 0.0371. The van der Waals surface area contributed by atoms with Crippen molar-refractivity contribution in [1.29, 1.82) is 0 Å². The number of aliphatic hydroxyl groups is 1. The fourth-order valence-electron chi connectivity index (χ4n) is 3.54. The largest absolute Gasteiger partial charge is 0.481 e. The van der Waals surface area contributed by atoms with Crippen LogP contribution in [0.15, 0.2) is 41.8 Å². The minimum Gasteiger partial charge on any atom is -0.481 e. The number of aliphatic hydroxyl groups excluding tert-OH is 1. The molecule has 1 aliphatic carbocycles. The highest BCUT2D eigenvalue weighted by atomic mass is 32.2. The number of thiophene rings is 1. The highest BCUT2D eigenvalue weighted by molar-refractivity contribution is 8.01. The molecule has 0 spiro atoms. The SMILES string of the molecule is O=C(O)CSCCCS[C@H]1C(=O)CC[C@@H]1/C=C/C(O)Cc1csc2ccccc12. The number of ketones is 1. The molecular formula is C22H26O4S3. The minimum atomic E-state index is -0.784. The fourth-order valence-corrected chi connectivity index (χ4v) is 6.71. The van der Waals surface area contributed by atoms with Gasteiger partial charge in [0.1, 0.15) is 5.78 Å². The molecule has 2 N–H and O–H groups in total. The molecule has 0 bridgehead atoms. The van der Waals surface area contributed by atoms with Gasteiger partial charge in [-0.05, 0) is 52.7 Å². The maximum absolute atomic E-state index is 12.2. The zero-order valence-corrected chi connectivity index (χ0v) is 18.6. The molecule has 0 radical (unpaired) electrons. The van der Waals surface area contributed by atoms with Crippen molar-refractivity contribution in [3.8, 4) is 0 Å². The summed E-state index contributed by atoms with van der Waals surface area (Å²) in [5, 5.41) is 22.4. The number of carbonyl (C=O) groups is 2. The number of Topliss-reactive ketones (excluding diaryl/α,β-unsaturated/α-hetero) is 1. The van der Waals surface area contributed by atoms with Gasteiger partial charge in [0.2, 0.25) is 0 Å². The van der Waals surface area contributed by atoms with Gasteiger partial charge in [0.05, 0.1) is 17.1 Å². The Bertz CT molecular complexity index is 861. The number of carbonyl (C=O) groups excluding carboxylic acids is 1. The average Bonchev–Trinajstić information content (AvgIpc) is 3.26. The van der Waals surface area contributed by atoms with Crippen LogP contribution in [0, 0.1) is 5.92 Å². The van der Waals surface area contributed by atoms with Crippen LogP contribution in [0.2, 0.25) is 0 Å². The molecule has 0 amide bonds. The lowest BCUT2D eigenvalue weighted by Crippen LogP contribution is -2.17. The summed E-state index contributed by atoms with van der Waals surface area (Å²) in [5.41, 5.74) is 1.16. The van der Waals surface area contributed by atoms with Crippen molar-refractivity contribution in [3.05, 3.63) is 47.4 Å². The van der Waals surface area contributed by atoms with E-state index in [0.717, 1.165) is 29.9 Å². The summed E-state index contributed by atoms with van der Waals surface area (Å²) >= 11 is 4.79. The lowest BCUT2D eigenvalue weighted by Gasteiger charge is -2.15. The molecule has 0 aliphatic heterocycles. The van der Waals surface area contributed by atoms with Crippen LogP contribution >= 0.6 is 34.9 Å². The van der Waals surface area contributed by atoms with Gasteiger partial charge in [-0.2, -0.15) is 11.8 Å². The van der Waals surface area contributed by atoms with E-state index in [9.17, 15) is 14.7 Å². The molecule has 1 aromatic carbocycles. The maximum atomic E-state index is 12.2. The molecule has 1 aromatic heterocycles. The Labute approximate surface area is 183 Å². The quantitative estimate of drug-likeness (QED) is 0.383. The molecule has 0 saturated heterocycles. The van der Waals surface area contributed by atoms with Crippen molar-refractivity contribution in [2.75, 3.05) is 17.3 Å². The van der Waals surface area contributed by atoms with Gasteiger partial charge in [-0.25, -0.2) is 0 Å². The molecule has 2 aromatic rings. The van der Waals surface area contributed by atoms with Gasteiger partial charge in [0, 0.05) is 17.5 Å². The highest BCUT2D eigenvalue weighted by Gasteiger charge is 2.33. The molecule has 1 aliphatic rings. The van der Waals surface area contributed by atoms with E-state index in [0.29, 0.717) is 18.6 Å². The average molecular weight is 451 g/mol. The van der Waals surface area contributed by atoms with Gasteiger partial charge in [0.25, 0.3) is 0 Å². The highest BCUT2D eigenvalue weighted by Crippen LogP contribution is 2.34. The number of aliphatic carboxylic acids is 1. The summed E-state index contributed by atoms with van der Waals surface area (Å²) in [4.78, 5) is 22.8. The van der Waals surface area contributed by atoms with E-state index in [2.05, 4.69) is 17.5 Å². The van der Waals surface area contributed by atoms with E-state index in [1.807, 2.05) is 24.3 Å². The normalized spacial score (nSPS) is 20.7. The maximum Gasteiger partial charge on any atom is 0.313 e. The third kappa shape index (κ3) is 6.60. The Morgan fingerprint density at radius 3 is 2.97 bits per heavy atom. The van der Waals surface area contributed by atoms with Crippen LogP contribution in [0.4, 0.5) is 0 Å². The van der Waals surface area contributed by atoms with Crippen LogP contribution in [0.5, 0.6) is 0 Å². The van der Waals surface area contributed by atoms with Gasteiger partial charge in [0.15, 0.2) is 0 Å². The Morgan fingerprint density at radius 2 is 2.14 bits per heavy atom. The Balaban J connectivity index is 1.47. The monoisotopic (exact) mass is 450 g/mol. The van der Waals surface area contributed by atoms with Gasteiger partial charge < -0.3 is 10.2 Å². The predicted molar refractivity (Wildman–Crippen MR) is 124 cm³/mol. The molecule has 1 fully saturated rings. The summed E-state index contributed by atoms with van der Waals surface area (Å²) in [6.45, 7) is 0. The molecule has 4 nitrogen and oxygen atoms in total. The Hall–Kier alpha value is -1.28. The molecule has 156 valence electrons. The molecular weight excluding hydrogens is 424 g/mol. The van der Waals surface area contributed by atoms with Crippen molar-refractivity contribution < 1.29 is 19.8 Å².